The first kappa shape index (κ1) is 27.2. The predicted octanol–water partition coefficient (Wildman–Crippen LogP) is 2.33. The van der Waals surface area contributed by atoms with Crippen LogP contribution in [-0.4, -0.2) is 51.9 Å². The number of nitrogens with zero attached hydrogens (tertiary/aromatic N) is 7. The molecule has 0 atom stereocenters. The summed E-state index contributed by atoms with van der Waals surface area (Å²) >= 11 is 0. The Kier molecular flexibility index (Phi) is 8.48. The number of nitrogens with one attached hydrogen (secondary N) is 2. The Hall–Kier alpha value is -4.82. The van der Waals surface area contributed by atoms with Gasteiger partial charge in [0.05, 0.1) is 12.4 Å². The molecule has 3 aromatic heterocycles. The van der Waals surface area contributed by atoms with Crippen LogP contribution in [0.25, 0.3) is 0 Å². The molecule has 0 bridgehead atoms. The summed E-state index contributed by atoms with van der Waals surface area (Å²) in [5, 5.41) is 30.3. The summed E-state index contributed by atoms with van der Waals surface area (Å²) < 4.78 is 41.4. The van der Waals surface area contributed by atoms with E-state index in [4.69, 9.17) is 0 Å². The highest BCUT2D eigenvalue weighted by Crippen LogP contribution is 2.27. The van der Waals surface area contributed by atoms with Crippen molar-refractivity contribution >= 4 is 11.8 Å². The van der Waals surface area contributed by atoms with Crippen LogP contribution >= 0.6 is 0 Å². The van der Waals surface area contributed by atoms with Crippen LogP contribution in [0.3, 0.4) is 0 Å². The van der Waals surface area contributed by atoms with Crippen molar-refractivity contribution < 1.29 is 27.9 Å². The molecule has 0 aliphatic rings. The van der Waals surface area contributed by atoms with Gasteiger partial charge in [0, 0.05) is 32.4 Å². The zero-order valence-corrected chi connectivity index (χ0v) is 20.5. The van der Waals surface area contributed by atoms with Crippen molar-refractivity contribution in [2.75, 3.05) is 0 Å². The summed E-state index contributed by atoms with van der Waals surface area (Å²) in [5.41, 5.74) is 0.179. The van der Waals surface area contributed by atoms with E-state index in [-0.39, 0.29) is 41.7 Å². The van der Waals surface area contributed by atoms with Crippen LogP contribution < -0.4 is 10.6 Å². The third-order valence-corrected chi connectivity index (χ3v) is 5.50. The molecule has 4 rings (SSSR count). The van der Waals surface area contributed by atoms with Crippen molar-refractivity contribution in [2.24, 2.45) is 0 Å². The average molecular weight is 544 g/mol. The first-order valence-electron chi connectivity index (χ1n) is 11.8. The monoisotopic (exact) mass is 543 g/mol. The molecule has 0 aliphatic heterocycles. The molecule has 0 unspecified atom stereocenters. The summed E-state index contributed by atoms with van der Waals surface area (Å²) in [7, 11) is 0. The normalized spacial score (nSPS) is 11.4. The molecule has 12 nitrogen and oxygen atoms in total. The molecule has 3 N–H and O–H groups in total. The van der Waals surface area contributed by atoms with Gasteiger partial charge in [0.1, 0.15) is 11.4 Å². The van der Waals surface area contributed by atoms with E-state index in [1.165, 1.54) is 23.1 Å². The van der Waals surface area contributed by atoms with Gasteiger partial charge in [-0.25, -0.2) is 0 Å². The second-order valence-electron chi connectivity index (χ2n) is 8.52. The van der Waals surface area contributed by atoms with Gasteiger partial charge in [-0.2, -0.15) is 13.2 Å². The number of benzene rings is 1. The van der Waals surface area contributed by atoms with Crippen LogP contribution in [0.15, 0.2) is 55.0 Å². The van der Waals surface area contributed by atoms with E-state index in [2.05, 4.69) is 36.2 Å². The van der Waals surface area contributed by atoms with Gasteiger partial charge in [0.15, 0.2) is 11.4 Å². The van der Waals surface area contributed by atoms with Crippen molar-refractivity contribution in [1.29, 1.82) is 0 Å². The van der Waals surface area contributed by atoms with Gasteiger partial charge in [-0.1, -0.05) is 22.6 Å². The minimum atomic E-state index is -4.57. The quantitative estimate of drug-likeness (QED) is 0.244. The molecular formula is C24H24F3N9O3. The van der Waals surface area contributed by atoms with Gasteiger partial charge >= 0.3 is 6.18 Å². The Labute approximate surface area is 219 Å². The average Bonchev–Trinajstić information content (AvgIpc) is 3.58. The molecule has 0 aliphatic carbocycles. The lowest BCUT2D eigenvalue weighted by Gasteiger charge is -2.08. The van der Waals surface area contributed by atoms with Gasteiger partial charge in [0.2, 0.25) is 0 Å². The number of pyridine rings is 1. The maximum atomic E-state index is 12.8. The number of carbonyl (C=O) groups excluding carboxylic acids is 2. The summed E-state index contributed by atoms with van der Waals surface area (Å²) in [4.78, 5) is 27.9. The molecule has 4 aromatic rings. The Morgan fingerprint density at radius 2 is 1.41 bits per heavy atom. The maximum Gasteiger partial charge on any atom is 0.433 e. The Morgan fingerprint density at radius 3 is 1.95 bits per heavy atom. The second-order valence-corrected chi connectivity index (χ2v) is 8.52. The summed E-state index contributed by atoms with van der Waals surface area (Å²) in [6.45, 7) is 1.08. The molecule has 1 aromatic carbocycles. The van der Waals surface area contributed by atoms with Crippen molar-refractivity contribution in [3.8, 4) is 5.75 Å². The number of aromatic hydroxyl groups is 1. The molecule has 0 fully saturated rings. The number of carbonyl (C=O) groups is 2. The molecule has 0 spiro atoms. The Bertz CT molecular complexity index is 1440. The van der Waals surface area contributed by atoms with Crippen LogP contribution in [0, 0.1) is 0 Å². The van der Waals surface area contributed by atoms with E-state index in [1.54, 1.807) is 28.9 Å². The van der Waals surface area contributed by atoms with Gasteiger partial charge in [0.25, 0.3) is 11.8 Å². The van der Waals surface area contributed by atoms with Gasteiger partial charge in [-0.15, -0.1) is 10.2 Å². The minimum Gasteiger partial charge on any atom is -0.508 e. The number of phenols is 1. The van der Waals surface area contributed by atoms with E-state index in [9.17, 15) is 27.9 Å². The molecule has 2 amide bonds. The Balaban J connectivity index is 1.17. The predicted molar refractivity (Wildman–Crippen MR) is 129 cm³/mol. The molecule has 0 saturated heterocycles. The molecule has 39 heavy (non-hydrogen) atoms. The number of phenolic OH excluding ortho intramolecular Hbond substituents is 1. The van der Waals surface area contributed by atoms with Crippen molar-refractivity contribution in [3.63, 3.8) is 0 Å². The highest BCUT2D eigenvalue weighted by atomic mass is 19.4. The SMILES string of the molecule is O=C(NCc1cccc(O)c1)c1cn(CCCCn2cc(C(=O)NCc3ccnc(C(F)(F)F)c3)nn2)nn1. The highest BCUT2D eigenvalue weighted by Gasteiger charge is 2.32. The maximum absolute atomic E-state index is 12.8. The number of rotatable bonds is 11. The smallest absolute Gasteiger partial charge is 0.433 e. The fourth-order valence-corrected chi connectivity index (χ4v) is 3.52. The number of amides is 2. The fraction of sp³-hybridized carbons (Fsp3) is 0.292. The molecule has 0 radical (unpaired) electrons. The summed E-state index contributed by atoms with van der Waals surface area (Å²) in [5.74, 6) is -0.836. The lowest BCUT2D eigenvalue weighted by molar-refractivity contribution is -0.141. The molecule has 0 saturated carbocycles. The lowest BCUT2D eigenvalue weighted by atomic mass is 10.2. The minimum absolute atomic E-state index is 0.0396. The largest absolute Gasteiger partial charge is 0.508 e. The van der Waals surface area contributed by atoms with E-state index in [0.717, 1.165) is 17.8 Å². The third-order valence-electron chi connectivity index (χ3n) is 5.50. The van der Waals surface area contributed by atoms with Crippen molar-refractivity contribution in [1.82, 2.24) is 45.6 Å². The summed E-state index contributed by atoms with van der Waals surface area (Å²) in [6.07, 6.45) is 0.805. The van der Waals surface area contributed by atoms with E-state index in [1.807, 2.05) is 0 Å². The topological polar surface area (TPSA) is 153 Å². The summed E-state index contributed by atoms with van der Waals surface area (Å²) in [6, 6.07) is 8.82. The zero-order chi connectivity index (χ0) is 27.8. The van der Waals surface area contributed by atoms with E-state index < -0.39 is 17.8 Å². The van der Waals surface area contributed by atoms with Crippen LogP contribution in [0.1, 0.15) is 50.6 Å². The number of unbranched alkanes of at least 4 members (excludes halogenated alkanes) is 1. The van der Waals surface area contributed by atoms with Gasteiger partial charge in [-0.3, -0.25) is 23.9 Å². The number of hydrogen-bond donors (Lipinski definition) is 3. The fourth-order valence-electron chi connectivity index (χ4n) is 3.52. The number of aryl methyl sites for hydroxylation is 2. The molecule has 15 heteroatoms. The van der Waals surface area contributed by atoms with Crippen LogP contribution in [-0.2, 0) is 32.4 Å². The number of halogens is 3. The molecule has 3 heterocycles. The standard InChI is InChI=1S/C24H24F3N9O3/c25-24(26,27)21-11-17(6-7-28-21)13-30-23(39)20-15-36(34-32-20)9-2-1-8-35-14-19(31-33-35)22(38)29-12-16-4-3-5-18(37)10-16/h3-7,10-11,14-15,37H,1-2,8-9,12-13H2,(H,29,38)(H,30,39). The zero-order valence-electron chi connectivity index (χ0n) is 20.5. The first-order chi connectivity index (χ1) is 18.7. The van der Waals surface area contributed by atoms with Crippen LogP contribution in [0.4, 0.5) is 13.2 Å². The van der Waals surface area contributed by atoms with Crippen LogP contribution in [0.5, 0.6) is 5.75 Å². The number of aromatic nitrogens is 7. The highest BCUT2D eigenvalue weighted by molar-refractivity contribution is 5.92. The van der Waals surface area contributed by atoms with E-state index >= 15 is 0 Å². The second kappa shape index (κ2) is 12.1. The van der Waals surface area contributed by atoms with Crippen molar-refractivity contribution in [3.05, 3.63) is 83.2 Å². The Morgan fingerprint density at radius 1 is 0.846 bits per heavy atom. The van der Waals surface area contributed by atoms with Gasteiger partial charge < -0.3 is 15.7 Å². The molecule has 204 valence electrons. The number of hydrogen-bond acceptors (Lipinski definition) is 8. The first-order valence-corrected chi connectivity index (χ1v) is 11.8. The van der Waals surface area contributed by atoms with Crippen molar-refractivity contribution in [2.45, 2.75) is 45.2 Å². The van der Waals surface area contributed by atoms with Crippen LogP contribution in [0.2, 0.25) is 0 Å². The number of alkyl halides is 3. The van der Waals surface area contributed by atoms with E-state index in [0.29, 0.717) is 25.9 Å². The van der Waals surface area contributed by atoms with Gasteiger partial charge in [-0.05, 0) is 48.2 Å². The lowest BCUT2D eigenvalue weighted by Crippen LogP contribution is -2.23. The molecular weight excluding hydrogens is 519 g/mol. The third kappa shape index (κ3) is 7.83.